The van der Waals surface area contributed by atoms with Gasteiger partial charge in [0.25, 0.3) is 5.91 Å². The molecular formula is C18H21ClN4O3S. The number of likely N-dealkylation sites (N-methyl/N-ethyl adjacent to an activating group) is 1. The molecule has 144 valence electrons. The number of hydrogen-bond acceptors (Lipinski definition) is 4. The van der Waals surface area contributed by atoms with Crippen LogP contribution in [0.5, 0.6) is 0 Å². The lowest BCUT2D eigenvalue weighted by molar-refractivity contribution is -0.132. The molecule has 2 aliphatic heterocycles. The van der Waals surface area contributed by atoms with Crippen LogP contribution >= 0.6 is 23.8 Å². The van der Waals surface area contributed by atoms with E-state index >= 15 is 0 Å². The second-order valence-corrected chi connectivity index (χ2v) is 7.47. The number of halogens is 1. The molecule has 3 amide bonds. The molecule has 2 N–H and O–H groups in total. The number of anilines is 1. The third-order valence-corrected chi connectivity index (χ3v) is 5.54. The van der Waals surface area contributed by atoms with E-state index < -0.39 is 12.1 Å². The van der Waals surface area contributed by atoms with Crippen molar-refractivity contribution in [3.63, 3.8) is 0 Å². The minimum Gasteiger partial charge on any atom is -0.354 e. The molecule has 0 spiro atoms. The molecule has 0 saturated carbocycles. The lowest BCUT2D eigenvalue weighted by atomic mass is 10.1. The van der Waals surface area contributed by atoms with E-state index in [2.05, 4.69) is 10.6 Å². The Morgan fingerprint density at radius 1 is 1.30 bits per heavy atom. The molecule has 2 heterocycles. The van der Waals surface area contributed by atoms with Gasteiger partial charge in [0.2, 0.25) is 11.8 Å². The number of nitrogens with zero attached hydrogens (tertiary/aromatic N) is 2. The van der Waals surface area contributed by atoms with Gasteiger partial charge in [0, 0.05) is 24.3 Å². The maximum absolute atomic E-state index is 12.7. The van der Waals surface area contributed by atoms with Gasteiger partial charge >= 0.3 is 0 Å². The van der Waals surface area contributed by atoms with Gasteiger partial charge in [-0.15, -0.1) is 0 Å². The zero-order valence-corrected chi connectivity index (χ0v) is 16.5. The van der Waals surface area contributed by atoms with E-state index in [0.717, 1.165) is 12.8 Å². The monoisotopic (exact) mass is 408 g/mol. The first kappa shape index (κ1) is 19.6. The van der Waals surface area contributed by atoms with Gasteiger partial charge in [0.15, 0.2) is 5.11 Å². The average Bonchev–Trinajstić information content (AvgIpc) is 2.79. The van der Waals surface area contributed by atoms with Crippen LogP contribution in [0.1, 0.15) is 25.7 Å². The van der Waals surface area contributed by atoms with Crippen LogP contribution in [-0.4, -0.2) is 58.3 Å². The van der Waals surface area contributed by atoms with Crippen LogP contribution in [-0.2, 0) is 14.4 Å². The standard InChI is InChI=1S/C18H21ClN4O3S/c1-22-17(26)14(10-15(24)21-12-7-5-11(19)6-8-12)23(18(22)27)13-4-2-3-9-20-16(13)25/h5-8,13-14H,2-4,9-10H2,1H3,(H,20,25)(H,21,24). The molecule has 0 radical (unpaired) electrons. The molecule has 9 heteroatoms. The lowest BCUT2D eigenvalue weighted by Gasteiger charge is -2.30. The summed E-state index contributed by atoms with van der Waals surface area (Å²) in [5, 5.41) is 6.46. The highest BCUT2D eigenvalue weighted by atomic mass is 35.5. The van der Waals surface area contributed by atoms with Crippen molar-refractivity contribution < 1.29 is 14.4 Å². The average molecular weight is 409 g/mol. The van der Waals surface area contributed by atoms with Gasteiger partial charge in [-0.1, -0.05) is 11.6 Å². The van der Waals surface area contributed by atoms with Crippen LogP contribution in [0, 0.1) is 0 Å². The summed E-state index contributed by atoms with van der Waals surface area (Å²) in [5.41, 5.74) is 0.588. The van der Waals surface area contributed by atoms with Crippen LogP contribution in [0.15, 0.2) is 24.3 Å². The Balaban J connectivity index is 1.76. The molecule has 27 heavy (non-hydrogen) atoms. The van der Waals surface area contributed by atoms with E-state index in [1.165, 1.54) is 4.90 Å². The van der Waals surface area contributed by atoms with Crippen LogP contribution in [0.4, 0.5) is 5.69 Å². The Labute approximate surface area is 168 Å². The van der Waals surface area contributed by atoms with E-state index in [4.69, 9.17) is 23.8 Å². The fourth-order valence-corrected chi connectivity index (χ4v) is 3.86. The summed E-state index contributed by atoms with van der Waals surface area (Å²) in [4.78, 5) is 40.6. The van der Waals surface area contributed by atoms with Crippen LogP contribution in [0.2, 0.25) is 5.02 Å². The van der Waals surface area contributed by atoms with Gasteiger partial charge in [0.1, 0.15) is 12.1 Å². The molecule has 2 aliphatic rings. The van der Waals surface area contributed by atoms with Crippen LogP contribution < -0.4 is 10.6 Å². The minimum atomic E-state index is -0.788. The molecule has 2 atom stereocenters. The Morgan fingerprint density at radius 2 is 2.00 bits per heavy atom. The van der Waals surface area contributed by atoms with E-state index in [0.29, 0.717) is 23.7 Å². The fraction of sp³-hybridized carbons (Fsp3) is 0.444. The number of carbonyl (C=O) groups is 3. The predicted molar refractivity (Wildman–Crippen MR) is 106 cm³/mol. The molecule has 1 aromatic rings. The maximum atomic E-state index is 12.7. The fourth-order valence-electron chi connectivity index (χ4n) is 3.39. The van der Waals surface area contributed by atoms with Crippen molar-refractivity contribution in [2.24, 2.45) is 0 Å². The largest absolute Gasteiger partial charge is 0.354 e. The van der Waals surface area contributed by atoms with Crippen molar-refractivity contribution >= 4 is 52.3 Å². The molecule has 0 aromatic heterocycles. The molecule has 1 aromatic carbocycles. The van der Waals surface area contributed by atoms with Gasteiger partial charge < -0.3 is 15.5 Å². The third-order valence-electron chi connectivity index (χ3n) is 4.81. The van der Waals surface area contributed by atoms with Crippen LogP contribution in [0.25, 0.3) is 0 Å². The first-order valence-corrected chi connectivity index (χ1v) is 9.60. The lowest BCUT2D eigenvalue weighted by Crippen LogP contribution is -2.51. The number of carbonyl (C=O) groups excluding carboxylic acids is 3. The summed E-state index contributed by atoms with van der Waals surface area (Å²) in [5.74, 6) is -0.753. The molecule has 0 aliphatic carbocycles. The Morgan fingerprint density at radius 3 is 2.70 bits per heavy atom. The highest BCUT2D eigenvalue weighted by Gasteiger charge is 2.46. The summed E-state index contributed by atoms with van der Waals surface area (Å²) in [6, 6.07) is 5.38. The summed E-state index contributed by atoms with van der Waals surface area (Å²) in [6.45, 7) is 0.613. The van der Waals surface area contributed by atoms with Gasteiger partial charge in [-0.2, -0.15) is 0 Å². The maximum Gasteiger partial charge on any atom is 0.251 e. The zero-order valence-electron chi connectivity index (χ0n) is 14.9. The normalized spacial score (nSPS) is 23.3. The number of thiocarbonyl (C=S) groups is 1. The molecular weight excluding hydrogens is 388 g/mol. The second-order valence-electron chi connectivity index (χ2n) is 6.66. The number of amides is 3. The van der Waals surface area contributed by atoms with Gasteiger partial charge in [-0.25, -0.2) is 0 Å². The quantitative estimate of drug-likeness (QED) is 0.742. The third kappa shape index (κ3) is 4.22. The van der Waals surface area contributed by atoms with Crippen molar-refractivity contribution in [2.75, 3.05) is 18.9 Å². The van der Waals surface area contributed by atoms with Crippen molar-refractivity contribution in [3.8, 4) is 0 Å². The highest BCUT2D eigenvalue weighted by Crippen LogP contribution is 2.26. The van der Waals surface area contributed by atoms with Gasteiger partial charge in [-0.05, 0) is 55.7 Å². The predicted octanol–water partition coefficient (Wildman–Crippen LogP) is 1.76. The van der Waals surface area contributed by atoms with Crippen molar-refractivity contribution in [1.29, 1.82) is 0 Å². The molecule has 0 bridgehead atoms. The van der Waals surface area contributed by atoms with Gasteiger partial charge in [0.05, 0.1) is 6.42 Å². The van der Waals surface area contributed by atoms with E-state index in [1.54, 1.807) is 36.2 Å². The second kappa shape index (κ2) is 8.22. The van der Waals surface area contributed by atoms with E-state index in [1.807, 2.05) is 0 Å². The summed E-state index contributed by atoms with van der Waals surface area (Å²) >= 11 is 11.2. The topological polar surface area (TPSA) is 81.8 Å². The first-order chi connectivity index (χ1) is 12.9. The Kier molecular flexibility index (Phi) is 5.96. The van der Waals surface area contributed by atoms with E-state index in [-0.39, 0.29) is 29.3 Å². The number of hydrogen-bond donors (Lipinski definition) is 2. The minimum absolute atomic E-state index is 0.0876. The number of benzene rings is 1. The number of rotatable bonds is 4. The summed E-state index contributed by atoms with van der Waals surface area (Å²) < 4.78 is 0. The molecule has 7 nitrogen and oxygen atoms in total. The molecule has 2 fully saturated rings. The SMILES string of the molecule is CN1C(=O)C(CC(=O)Nc2ccc(Cl)cc2)N(C2CCCCNC2=O)C1=S. The highest BCUT2D eigenvalue weighted by molar-refractivity contribution is 7.80. The number of nitrogens with one attached hydrogen (secondary N) is 2. The molecule has 3 rings (SSSR count). The van der Waals surface area contributed by atoms with Crippen molar-refractivity contribution in [2.45, 2.75) is 37.8 Å². The van der Waals surface area contributed by atoms with Gasteiger partial charge in [-0.3, -0.25) is 19.3 Å². The smallest absolute Gasteiger partial charge is 0.251 e. The van der Waals surface area contributed by atoms with Crippen LogP contribution in [0.3, 0.4) is 0 Å². The van der Waals surface area contributed by atoms with E-state index in [9.17, 15) is 14.4 Å². The molecule has 2 saturated heterocycles. The Hall–Kier alpha value is -2.19. The van der Waals surface area contributed by atoms with Crippen molar-refractivity contribution in [3.05, 3.63) is 29.3 Å². The summed E-state index contributed by atoms with van der Waals surface area (Å²) in [7, 11) is 1.57. The van der Waals surface area contributed by atoms with Crippen molar-refractivity contribution in [1.82, 2.24) is 15.1 Å². The first-order valence-electron chi connectivity index (χ1n) is 8.81. The zero-order chi connectivity index (χ0) is 19.6. The molecule has 2 unspecified atom stereocenters. The Bertz CT molecular complexity index is 770. The summed E-state index contributed by atoms with van der Waals surface area (Å²) in [6.07, 6.45) is 2.25.